The van der Waals surface area contributed by atoms with Gasteiger partial charge in [-0.1, -0.05) is 30.3 Å². The number of nitrogens with zero attached hydrogens (tertiary/aromatic N) is 1. The van der Waals surface area contributed by atoms with E-state index < -0.39 is 5.41 Å². The van der Waals surface area contributed by atoms with Crippen LogP contribution in [0.5, 0.6) is 0 Å². The van der Waals surface area contributed by atoms with Gasteiger partial charge in [0.2, 0.25) is 5.91 Å². The average Bonchev–Trinajstić information content (AvgIpc) is 3.35. The van der Waals surface area contributed by atoms with E-state index in [0.717, 1.165) is 13.1 Å². The molecule has 2 aromatic rings. The number of hydrogen-bond acceptors (Lipinski definition) is 5. The van der Waals surface area contributed by atoms with Gasteiger partial charge < -0.3 is 15.2 Å². The zero-order chi connectivity index (χ0) is 18.0. The van der Waals surface area contributed by atoms with Crippen LogP contribution in [0.2, 0.25) is 0 Å². The van der Waals surface area contributed by atoms with Crippen LogP contribution >= 0.6 is 11.3 Å². The minimum atomic E-state index is -0.464. The molecule has 2 N–H and O–H groups in total. The number of fused-ring (bicyclic) bond motifs is 1. The van der Waals surface area contributed by atoms with Crippen LogP contribution in [0.4, 0.5) is 0 Å². The SMILES string of the molecule is O=C(NCCO)[C@]12COC[C@H]1CN(Cc1ccc(-c3ccccc3)s1)C2. The van der Waals surface area contributed by atoms with Crippen molar-refractivity contribution in [1.29, 1.82) is 0 Å². The average molecular weight is 372 g/mol. The van der Waals surface area contributed by atoms with E-state index in [0.29, 0.717) is 26.3 Å². The van der Waals surface area contributed by atoms with Crippen molar-refractivity contribution < 1.29 is 14.6 Å². The highest BCUT2D eigenvalue weighted by Gasteiger charge is 2.55. The minimum absolute atomic E-state index is 0.0210. The maximum Gasteiger partial charge on any atom is 0.230 e. The largest absolute Gasteiger partial charge is 0.395 e. The molecule has 26 heavy (non-hydrogen) atoms. The van der Waals surface area contributed by atoms with Gasteiger partial charge in [0.15, 0.2) is 0 Å². The van der Waals surface area contributed by atoms with Crippen LogP contribution in [0.25, 0.3) is 10.4 Å². The van der Waals surface area contributed by atoms with E-state index in [9.17, 15) is 4.79 Å². The number of amides is 1. The lowest BCUT2D eigenvalue weighted by Crippen LogP contribution is -2.47. The van der Waals surface area contributed by atoms with Crippen molar-refractivity contribution >= 4 is 17.2 Å². The Kier molecular flexibility index (Phi) is 5.09. The van der Waals surface area contributed by atoms with Gasteiger partial charge in [0.1, 0.15) is 0 Å². The monoisotopic (exact) mass is 372 g/mol. The van der Waals surface area contributed by atoms with Crippen molar-refractivity contribution in [1.82, 2.24) is 10.2 Å². The van der Waals surface area contributed by atoms with Gasteiger partial charge >= 0.3 is 0 Å². The number of benzene rings is 1. The molecular formula is C20H24N2O3S. The van der Waals surface area contributed by atoms with Crippen molar-refractivity contribution in [2.75, 3.05) is 39.5 Å². The highest BCUT2D eigenvalue weighted by Crippen LogP contribution is 2.42. The molecule has 4 rings (SSSR count). The second kappa shape index (κ2) is 7.48. The first-order valence-corrected chi connectivity index (χ1v) is 9.86. The minimum Gasteiger partial charge on any atom is -0.395 e. The Bertz CT molecular complexity index is 763. The lowest BCUT2D eigenvalue weighted by Gasteiger charge is -2.25. The number of ether oxygens (including phenoxy) is 1. The number of carbonyl (C=O) groups is 1. The third-order valence-electron chi connectivity index (χ3n) is 5.39. The molecule has 0 aliphatic carbocycles. The summed E-state index contributed by atoms with van der Waals surface area (Å²) in [7, 11) is 0. The Morgan fingerprint density at radius 1 is 1.31 bits per heavy atom. The molecule has 0 spiro atoms. The molecule has 0 unspecified atom stereocenters. The summed E-state index contributed by atoms with van der Waals surface area (Å²) in [4.78, 5) is 17.6. The third-order valence-corrected chi connectivity index (χ3v) is 6.51. The molecular weight excluding hydrogens is 348 g/mol. The fourth-order valence-electron chi connectivity index (χ4n) is 4.07. The van der Waals surface area contributed by atoms with Gasteiger partial charge in [-0.2, -0.15) is 0 Å². The van der Waals surface area contributed by atoms with Crippen LogP contribution in [0.1, 0.15) is 4.88 Å². The zero-order valence-electron chi connectivity index (χ0n) is 14.7. The molecule has 6 heteroatoms. The van der Waals surface area contributed by atoms with E-state index in [1.54, 1.807) is 0 Å². The Balaban J connectivity index is 1.44. The summed E-state index contributed by atoms with van der Waals surface area (Å²) in [5, 5.41) is 11.8. The van der Waals surface area contributed by atoms with Crippen molar-refractivity contribution in [3.8, 4) is 10.4 Å². The highest BCUT2D eigenvalue weighted by atomic mass is 32.1. The molecule has 0 bridgehead atoms. The van der Waals surface area contributed by atoms with E-state index in [1.807, 2.05) is 17.4 Å². The summed E-state index contributed by atoms with van der Waals surface area (Å²) in [6, 6.07) is 14.8. The molecule has 2 aliphatic heterocycles. The summed E-state index contributed by atoms with van der Waals surface area (Å²) in [6.45, 7) is 3.85. The number of nitrogens with one attached hydrogen (secondary N) is 1. The number of thiophene rings is 1. The molecule has 5 nitrogen and oxygen atoms in total. The zero-order valence-corrected chi connectivity index (χ0v) is 15.5. The Morgan fingerprint density at radius 2 is 2.15 bits per heavy atom. The summed E-state index contributed by atoms with van der Waals surface area (Å²) < 4.78 is 5.63. The first kappa shape index (κ1) is 17.7. The van der Waals surface area contributed by atoms with Gasteiger partial charge in [-0.05, 0) is 17.7 Å². The Labute approximate surface area is 157 Å². The van der Waals surface area contributed by atoms with Gasteiger partial charge in [-0.25, -0.2) is 0 Å². The second-order valence-electron chi connectivity index (χ2n) is 7.15. The van der Waals surface area contributed by atoms with Crippen LogP contribution in [-0.2, 0) is 16.1 Å². The fraction of sp³-hybridized carbons (Fsp3) is 0.450. The second-order valence-corrected chi connectivity index (χ2v) is 8.32. The number of hydrogen-bond donors (Lipinski definition) is 2. The quantitative estimate of drug-likeness (QED) is 0.814. The van der Waals surface area contributed by atoms with Gasteiger partial charge in [0.05, 0.1) is 25.2 Å². The normalized spacial score (nSPS) is 25.3. The number of likely N-dealkylation sites (tertiary alicyclic amines) is 1. The van der Waals surface area contributed by atoms with E-state index in [4.69, 9.17) is 9.84 Å². The number of aliphatic hydroxyl groups is 1. The van der Waals surface area contributed by atoms with Crippen molar-refractivity contribution in [2.45, 2.75) is 6.54 Å². The maximum absolute atomic E-state index is 12.7. The van der Waals surface area contributed by atoms with Gasteiger partial charge in [-0.15, -0.1) is 11.3 Å². The van der Waals surface area contributed by atoms with Crippen molar-refractivity contribution in [3.63, 3.8) is 0 Å². The highest BCUT2D eigenvalue weighted by molar-refractivity contribution is 7.15. The van der Waals surface area contributed by atoms with Crippen LogP contribution in [0, 0.1) is 11.3 Å². The first-order valence-electron chi connectivity index (χ1n) is 9.05. The maximum atomic E-state index is 12.7. The third kappa shape index (κ3) is 3.30. The molecule has 2 fully saturated rings. The summed E-state index contributed by atoms with van der Waals surface area (Å²) in [5.74, 6) is 0.252. The molecule has 1 aromatic carbocycles. The van der Waals surface area contributed by atoms with Gasteiger partial charge in [0.25, 0.3) is 0 Å². The van der Waals surface area contributed by atoms with E-state index >= 15 is 0 Å². The molecule has 2 saturated heterocycles. The molecule has 3 heterocycles. The Hall–Kier alpha value is -1.73. The van der Waals surface area contributed by atoms with Crippen LogP contribution in [0.3, 0.4) is 0 Å². The summed E-state index contributed by atoms with van der Waals surface area (Å²) >= 11 is 1.82. The molecule has 2 aliphatic rings. The molecule has 1 aromatic heterocycles. The Morgan fingerprint density at radius 3 is 2.96 bits per heavy atom. The molecule has 1 amide bonds. The number of carbonyl (C=O) groups excluding carboxylic acids is 1. The molecule has 2 atom stereocenters. The van der Waals surface area contributed by atoms with Gasteiger partial charge in [0, 0.05) is 41.9 Å². The standard InChI is InChI=1S/C20H24N2O3S/c23-9-8-21-19(24)20-13-22(10-16(20)12-25-14-20)11-17-6-7-18(26-17)15-4-2-1-3-5-15/h1-7,16,23H,8-14H2,(H,21,24)/t16-,20-/m1/s1. The predicted molar refractivity (Wildman–Crippen MR) is 102 cm³/mol. The summed E-state index contributed by atoms with van der Waals surface area (Å²) in [5.41, 5.74) is 0.782. The topological polar surface area (TPSA) is 61.8 Å². The van der Waals surface area contributed by atoms with Crippen LogP contribution < -0.4 is 5.32 Å². The van der Waals surface area contributed by atoms with Crippen LogP contribution in [0.15, 0.2) is 42.5 Å². The molecule has 0 saturated carbocycles. The molecule has 0 radical (unpaired) electrons. The lowest BCUT2D eigenvalue weighted by atomic mass is 9.80. The van der Waals surface area contributed by atoms with Crippen molar-refractivity contribution in [3.05, 3.63) is 47.3 Å². The first-order chi connectivity index (χ1) is 12.7. The smallest absolute Gasteiger partial charge is 0.230 e. The lowest BCUT2D eigenvalue weighted by molar-refractivity contribution is -0.131. The fourth-order valence-corrected chi connectivity index (χ4v) is 5.12. The summed E-state index contributed by atoms with van der Waals surface area (Å²) in [6.07, 6.45) is 0. The van der Waals surface area contributed by atoms with E-state index in [1.165, 1.54) is 15.3 Å². The number of rotatable bonds is 6. The van der Waals surface area contributed by atoms with E-state index in [2.05, 4.69) is 46.6 Å². The van der Waals surface area contributed by atoms with E-state index in [-0.39, 0.29) is 18.4 Å². The predicted octanol–water partition coefficient (Wildman–Crippen LogP) is 1.97. The number of aliphatic hydroxyl groups excluding tert-OH is 1. The van der Waals surface area contributed by atoms with Crippen LogP contribution in [-0.4, -0.2) is 55.4 Å². The van der Waals surface area contributed by atoms with Gasteiger partial charge in [-0.3, -0.25) is 9.69 Å². The molecule has 138 valence electrons. The van der Waals surface area contributed by atoms with Crippen molar-refractivity contribution in [2.24, 2.45) is 11.3 Å².